The van der Waals surface area contributed by atoms with E-state index in [2.05, 4.69) is 4.98 Å². The van der Waals surface area contributed by atoms with Gasteiger partial charge in [-0.15, -0.1) is 0 Å². The lowest BCUT2D eigenvalue weighted by Crippen LogP contribution is -2.13. The number of imidazole rings is 1. The molecule has 7 heteroatoms. The standard InChI is InChI=1S/C12H9F3N2O2/c1-7-16-4-5-17(7)8-2-3-10(12(13,14)15)9(6-8)11(18)19/h2-6H,1H3,(H,18,19). The summed E-state index contributed by atoms with van der Waals surface area (Å²) in [5.74, 6) is -1.07. The molecular weight excluding hydrogens is 261 g/mol. The van der Waals surface area contributed by atoms with E-state index in [4.69, 9.17) is 5.11 Å². The molecule has 0 saturated heterocycles. The molecule has 0 unspecified atom stereocenters. The third-order valence-electron chi connectivity index (χ3n) is 2.64. The van der Waals surface area contributed by atoms with E-state index in [1.807, 2.05) is 0 Å². The number of aryl methyl sites for hydroxylation is 1. The van der Waals surface area contributed by atoms with Gasteiger partial charge in [0.05, 0.1) is 11.1 Å². The largest absolute Gasteiger partial charge is 0.478 e. The number of carboxylic acid groups (broad SMARTS) is 1. The molecule has 19 heavy (non-hydrogen) atoms. The summed E-state index contributed by atoms with van der Waals surface area (Å²) in [6.45, 7) is 1.66. The second-order valence-electron chi connectivity index (χ2n) is 3.88. The number of halogens is 3. The van der Waals surface area contributed by atoms with Crippen LogP contribution in [0.15, 0.2) is 30.6 Å². The average molecular weight is 270 g/mol. The molecule has 4 nitrogen and oxygen atoms in total. The lowest BCUT2D eigenvalue weighted by Gasteiger charge is -2.12. The number of nitrogens with zero attached hydrogens (tertiary/aromatic N) is 2. The zero-order valence-corrected chi connectivity index (χ0v) is 9.77. The number of hydrogen-bond donors (Lipinski definition) is 1. The number of carboxylic acids is 1. The third kappa shape index (κ3) is 2.44. The fourth-order valence-electron chi connectivity index (χ4n) is 1.76. The van der Waals surface area contributed by atoms with Crippen LogP contribution in [0, 0.1) is 6.92 Å². The Kier molecular flexibility index (Phi) is 3.05. The van der Waals surface area contributed by atoms with Crippen molar-refractivity contribution in [3.8, 4) is 5.69 Å². The number of aromatic nitrogens is 2. The first kappa shape index (κ1) is 13.1. The van der Waals surface area contributed by atoms with Crippen LogP contribution in [-0.4, -0.2) is 20.6 Å². The lowest BCUT2D eigenvalue weighted by molar-refractivity contribution is -0.138. The van der Waals surface area contributed by atoms with Crippen LogP contribution in [-0.2, 0) is 6.18 Å². The number of aromatic carboxylic acids is 1. The van der Waals surface area contributed by atoms with Crippen LogP contribution in [0.4, 0.5) is 13.2 Å². The van der Waals surface area contributed by atoms with E-state index in [9.17, 15) is 18.0 Å². The van der Waals surface area contributed by atoms with Crippen molar-refractivity contribution in [3.63, 3.8) is 0 Å². The van der Waals surface area contributed by atoms with Gasteiger partial charge in [0.1, 0.15) is 5.82 Å². The second kappa shape index (κ2) is 4.42. The van der Waals surface area contributed by atoms with Crippen LogP contribution < -0.4 is 0 Å². The molecule has 1 aromatic heterocycles. The van der Waals surface area contributed by atoms with Crippen molar-refractivity contribution >= 4 is 5.97 Å². The predicted octanol–water partition coefficient (Wildman–Crippen LogP) is 2.90. The molecule has 0 radical (unpaired) electrons. The number of hydrogen-bond acceptors (Lipinski definition) is 2. The van der Waals surface area contributed by atoms with Gasteiger partial charge in [0.2, 0.25) is 0 Å². The van der Waals surface area contributed by atoms with Crippen LogP contribution in [0.3, 0.4) is 0 Å². The fraction of sp³-hybridized carbons (Fsp3) is 0.167. The summed E-state index contributed by atoms with van der Waals surface area (Å²) in [5, 5.41) is 8.90. The summed E-state index contributed by atoms with van der Waals surface area (Å²) >= 11 is 0. The van der Waals surface area contributed by atoms with Crippen molar-refractivity contribution in [2.45, 2.75) is 13.1 Å². The highest BCUT2D eigenvalue weighted by molar-refractivity contribution is 5.90. The van der Waals surface area contributed by atoms with Gasteiger partial charge in [0, 0.05) is 18.1 Å². The molecule has 0 fully saturated rings. The maximum atomic E-state index is 12.7. The first-order valence-electron chi connectivity index (χ1n) is 5.25. The van der Waals surface area contributed by atoms with Gasteiger partial charge in [-0.05, 0) is 25.1 Å². The van der Waals surface area contributed by atoms with Crippen molar-refractivity contribution in [2.75, 3.05) is 0 Å². The number of alkyl halides is 3. The van der Waals surface area contributed by atoms with Crippen molar-refractivity contribution in [1.82, 2.24) is 9.55 Å². The predicted molar refractivity (Wildman–Crippen MR) is 60.3 cm³/mol. The molecule has 1 aromatic carbocycles. The zero-order chi connectivity index (χ0) is 14.2. The van der Waals surface area contributed by atoms with Gasteiger partial charge in [-0.1, -0.05) is 0 Å². The Hall–Kier alpha value is -2.31. The third-order valence-corrected chi connectivity index (χ3v) is 2.64. The summed E-state index contributed by atoms with van der Waals surface area (Å²) in [6, 6.07) is 2.96. The minimum Gasteiger partial charge on any atom is -0.478 e. The molecule has 100 valence electrons. The summed E-state index contributed by atoms with van der Waals surface area (Å²) in [5.41, 5.74) is -1.62. The number of rotatable bonds is 2. The molecule has 0 aliphatic carbocycles. The lowest BCUT2D eigenvalue weighted by atomic mass is 10.1. The Morgan fingerprint density at radius 2 is 2.05 bits per heavy atom. The van der Waals surface area contributed by atoms with Gasteiger partial charge in [0.15, 0.2) is 0 Å². The molecule has 2 aromatic rings. The average Bonchev–Trinajstić information content (AvgIpc) is 2.73. The Morgan fingerprint density at radius 1 is 1.37 bits per heavy atom. The topological polar surface area (TPSA) is 55.1 Å². The van der Waals surface area contributed by atoms with E-state index < -0.39 is 23.3 Å². The van der Waals surface area contributed by atoms with Gasteiger partial charge in [-0.25, -0.2) is 9.78 Å². The number of carbonyl (C=O) groups is 1. The monoisotopic (exact) mass is 270 g/mol. The fourth-order valence-corrected chi connectivity index (χ4v) is 1.76. The Morgan fingerprint density at radius 3 is 2.53 bits per heavy atom. The minimum absolute atomic E-state index is 0.320. The first-order chi connectivity index (χ1) is 8.80. The van der Waals surface area contributed by atoms with E-state index in [1.54, 1.807) is 13.1 Å². The van der Waals surface area contributed by atoms with Crippen LogP contribution >= 0.6 is 0 Å². The molecule has 1 N–H and O–H groups in total. The SMILES string of the molecule is Cc1nccn1-c1ccc(C(F)(F)F)c(C(=O)O)c1. The van der Waals surface area contributed by atoms with Gasteiger partial charge in [0.25, 0.3) is 0 Å². The van der Waals surface area contributed by atoms with Gasteiger partial charge >= 0.3 is 12.1 Å². The Balaban J connectivity index is 2.61. The highest BCUT2D eigenvalue weighted by Gasteiger charge is 2.35. The quantitative estimate of drug-likeness (QED) is 0.912. The molecule has 0 bridgehead atoms. The van der Waals surface area contributed by atoms with Crippen LogP contribution in [0.1, 0.15) is 21.7 Å². The molecule has 0 aliphatic rings. The summed E-state index contributed by atoms with van der Waals surface area (Å²) in [7, 11) is 0. The van der Waals surface area contributed by atoms with Crippen LogP contribution in [0.25, 0.3) is 5.69 Å². The highest BCUT2D eigenvalue weighted by Crippen LogP contribution is 2.33. The van der Waals surface area contributed by atoms with Crippen molar-refractivity contribution in [3.05, 3.63) is 47.5 Å². The summed E-state index contributed by atoms with van der Waals surface area (Å²) in [4.78, 5) is 14.9. The maximum absolute atomic E-state index is 12.7. The molecular formula is C12H9F3N2O2. The van der Waals surface area contributed by atoms with E-state index in [0.29, 0.717) is 11.5 Å². The number of benzene rings is 1. The van der Waals surface area contributed by atoms with Gasteiger partial charge in [-0.2, -0.15) is 13.2 Å². The van der Waals surface area contributed by atoms with E-state index in [1.165, 1.54) is 16.8 Å². The molecule has 0 aliphatic heterocycles. The van der Waals surface area contributed by atoms with Gasteiger partial charge in [-0.3, -0.25) is 0 Å². The van der Waals surface area contributed by atoms with Gasteiger partial charge < -0.3 is 9.67 Å². The van der Waals surface area contributed by atoms with E-state index in [-0.39, 0.29) is 0 Å². The van der Waals surface area contributed by atoms with E-state index >= 15 is 0 Å². The summed E-state index contributed by atoms with van der Waals surface area (Å²) in [6.07, 6.45) is -1.67. The molecule has 0 amide bonds. The van der Waals surface area contributed by atoms with Crippen molar-refractivity contribution < 1.29 is 23.1 Å². The molecule has 0 saturated carbocycles. The molecule has 0 atom stereocenters. The minimum atomic E-state index is -4.70. The Labute approximate surface area is 106 Å². The summed E-state index contributed by atoms with van der Waals surface area (Å²) < 4.78 is 39.5. The molecule has 0 spiro atoms. The van der Waals surface area contributed by atoms with Crippen molar-refractivity contribution in [2.24, 2.45) is 0 Å². The maximum Gasteiger partial charge on any atom is 0.417 e. The van der Waals surface area contributed by atoms with E-state index in [0.717, 1.165) is 12.1 Å². The zero-order valence-electron chi connectivity index (χ0n) is 9.77. The van der Waals surface area contributed by atoms with Crippen LogP contribution in [0.5, 0.6) is 0 Å². The second-order valence-corrected chi connectivity index (χ2v) is 3.88. The first-order valence-corrected chi connectivity index (χ1v) is 5.25. The normalized spacial score (nSPS) is 11.6. The molecule has 1 heterocycles. The van der Waals surface area contributed by atoms with Crippen LogP contribution in [0.2, 0.25) is 0 Å². The molecule has 2 rings (SSSR count). The highest BCUT2D eigenvalue weighted by atomic mass is 19.4. The smallest absolute Gasteiger partial charge is 0.417 e. The Bertz CT molecular complexity index is 632. The van der Waals surface area contributed by atoms with Crippen molar-refractivity contribution in [1.29, 1.82) is 0 Å².